The van der Waals surface area contributed by atoms with Crippen LogP contribution in [-0.4, -0.2) is 12.5 Å². The van der Waals surface area contributed by atoms with E-state index in [1.165, 1.54) is 18.2 Å². The predicted molar refractivity (Wildman–Crippen MR) is 67.9 cm³/mol. The summed E-state index contributed by atoms with van der Waals surface area (Å²) >= 11 is 0. The van der Waals surface area contributed by atoms with Crippen LogP contribution in [0.5, 0.6) is 0 Å². The number of nitrogens with one attached hydrogen (secondary N) is 1. The van der Waals surface area contributed by atoms with E-state index in [1.54, 1.807) is 18.2 Å². The molecule has 1 N–H and O–H groups in total. The van der Waals surface area contributed by atoms with Crippen LogP contribution in [0, 0.1) is 17.1 Å². The molecule has 1 rings (SSSR count). The van der Waals surface area contributed by atoms with E-state index in [-0.39, 0.29) is 11.1 Å². The molecule has 0 atom stereocenters. The average Bonchev–Trinajstić information content (AvgIpc) is 2.38. The first-order valence-electron chi connectivity index (χ1n) is 5.83. The van der Waals surface area contributed by atoms with Crippen LogP contribution in [0.1, 0.15) is 25.3 Å². The highest BCUT2D eigenvalue weighted by Crippen LogP contribution is 2.11. The lowest BCUT2D eigenvalue weighted by atomic mass is 10.1. The van der Waals surface area contributed by atoms with Gasteiger partial charge in [-0.25, -0.2) is 4.39 Å². The molecule has 0 radical (unpaired) electrons. The van der Waals surface area contributed by atoms with Crippen molar-refractivity contribution < 1.29 is 9.18 Å². The standard InChI is InChI=1S/C14H15FN2O/c1-2-3-8-17-14(18)12(10-16)9-11-6-4-5-7-13(11)15/h4-7,9H,2-3,8H2,1H3,(H,17,18)/b12-9-. The second-order valence-electron chi connectivity index (χ2n) is 3.80. The highest BCUT2D eigenvalue weighted by atomic mass is 19.1. The zero-order chi connectivity index (χ0) is 13.4. The van der Waals surface area contributed by atoms with Crippen molar-refractivity contribution in [2.75, 3.05) is 6.54 Å². The largest absolute Gasteiger partial charge is 0.351 e. The minimum Gasteiger partial charge on any atom is -0.351 e. The normalized spacial score (nSPS) is 10.8. The first kappa shape index (κ1) is 13.9. The van der Waals surface area contributed by atoms with Crippen LogP contribution in [0.15, 0.2) is 29.8 Å². The minimum atomic E-state index is -0.464. The Morgan fingerprint density at radius 1 is 1.50 bits per heavy atom. The summed E-state index contributed by atoms with van der Waals surface area (Å²) in [7, 11) is 0. The monoisotopic (exact) mass is 246 g/mol. The first-order valence-corrected chi connectivity index (χ1v) is 5.83. The molecular formula is C14H15FN2O. The van der Waals surface area contributed by atoms with Gasteiger partial charge in [0.1, 0.15) is 17.5 Å². The SMILES string of the molecule is CCCCNC(=O)/C(C#N)=C\c1ccccc1F. The number of amides is 1. The van der Waals surface area contributed by atoms with Crippen molar-refractivity contribution >= 4 is 12.0 Å². The molecule has 3 nitrogen and oxygen atoms in total. The van der Waals surface area contributed by atoms with Crippen LogP contribution in [0.4, 0.5) is 4.39 Å². The van der Waals surface area contributed by atoms with E-state index in [2.05, 4.69) is 5.32 Å². The zero-order valence-electron chi connectivity index (χ0n) is 10.2. The van der Waals surface area contributed by atoms with Crippen LogP contribution in [0.3, 0.4) is 0 Å². The number of carbonyl (C=O) groups excluding carboxylic acids is 1. The van der Waals surface area contributed by atoms with Gasteiger partial charge in [0.15, 0.2) is 0 Å². The average molecular weight is 246 g/mol. The Hall–Kier alpha value is -2.15. The fraction of sp³-hybridized carbons (Fsp3) is 0.286. The van der Waals surface area contributed by atoms with E-state index in [9.17, 15) is 9.18 Å². The Morgan fingerprint density at radius 2 is 2.22 bits per heavy atom. The van der Waals surface area contributed by atoms with Crippen molar-refractivity contribution in [1.29, 1.82) is 5.26 Å². The number of nitrogens with zero attached hydrogens (tertiary/aromatic N) is 1. The number of hydrogen-bond acceptors (Lipinski definition) is 2. The summed E-state index contributed by atoms with van der Waals surface area (Å²) in [6.07, 6.45) is 3.07. The molecule has 0 spiro atoms. The number of carbonyl (C=O) groups is 1. The van der Waals surface area contributed by atoms with E-state index < -0.39 is 11.7 Å². The van der Waals surface area contributed by atoms with Gasteiger partial charge in [0.05, 0.1) is 0 Å². The maximum atomic E-state index is 13.4. The van der Waals surface area contributed by atoms with Gasteiger partial charge in [0, 0.05) is 12.1 Å². The van der Waals surface area contributed by atoms with Gasteiger partial charge in [-0.3, -0.25) is 4.79 Å². The predicted octanol–water partition coefficient (Wildman–Crippen LogP) is 2.65. The molecule has 0 aliphatic rings. The molecule has 1 aromatic carbocycles. The van der Waals surface area contributed by atoms with E-state index in [1.807, 2.05) is 6.92 Å². The minimum absolute atomic E-state index is 0.0868. The highest BCUT2D eigenvalue weighted by molar-refractivity contribution is 6.01. The maximum Gasteiger partial charge on any atom is 0.261 e. The molecule has 0 aliphatic carbocycles. The van der Waals surface area contributed by atoms with Crippen LogP contribution >= 0.6 is 0 Å². The summed E-state index contributed by atoms with van der Waals surface area (Å²) in [6, 6.07) is 7.80. The maximum absolute atomic E-state index is 13.4. The summed E-state index contributed by atoms with van der Waals surface area (Å²) in [4.78, 5) is 11.6. The number of hydrogen-bond donors (Lipinski definition) is 1. The molecule has 0 saturated carbocycles. The summed E-state index contributed by atoms with van der Waals surface area (Å²) in [5, 5.41) is 11.5. The third-order valence-electron chi connectivity index (χ3n) is 2.39. The number of halogens is 1. The van der Waals surface area contributed by atoms with Crippen LogP contribution in [0.25, 0.3) is 6.08 Å². The van der Waals surface area contributed by atoms with Gasteiger partial charge >= 0.3 is 0 Å². The lowest BCUT2D eigenvalue weighted by Crippen LogP contribution is -2.25. The van der Waals surface area contributed by atoms with E-state index in [4.69, 9.17) is 5.26 Å². The van der Waals surface area contributed by atoms with Crippen molar-refractivity contribution in [2.24, 2.45) is 0 Å². The Morgan fingerprint density at radius 3 is 2.83 bits per heavy atom. The molecule has 0 saturated heterocycles. The van der Waals surface area contributed by atoms with Crippen LogP contribution in [-0.2, 0) is 4.79 Å². The van der Waals surface area contributed by atoms with E-state index >= 15 is 0 Å². The van der Waals surface area contributed by atoms with Crippen molar-refractivity contribution in [3.05, 3.63) is 41.2 Å². The quantitative estimate of drug-likeness (QED) is 0.493. The van der Waals surface area contributed by atoms with E-state index in [0.717, 1.165) is 12.8 Å². The molecule has 0 heterocycles. The molecule has 0 fully saturated rings. The summed E-state index contributed by atoms with van der Waals surface area (Å²) in [5.41, 5.74) is 0.149. The van der Waals surface area contributed by atoms with Crippen LogP contribution in [0.2, 0.25) is 0 Å². The molecule has 0 aromatic heterocycles. The van der Waals surface area contributed by atoms with Crippen molar-refractivity contribution in [1.82, 2.24) is 5.32 Å². The van der Waals surface area contributed by atoms with Gasteiger partial charge < -0.3 is 5.32 Å². The lowest BCUT2D eigenvalue weighted by Gasteiger charge is -2.03. The summed E-state index contributed by atoms with van der Waals surface area (Å²) < 4.78 is 13.4. The highest BCUT2D eigenvalue weighted by Gasteiger charge is 2.09. The third kappa shape index (κ3) is 4.02. The Balaban J connectivity index is 2.81. The Labute approximate surface area is 106 Å². The molecule has 4 heteroatoms. The first-order chi connectivity index (χ1) is 8.69. The molecule has 1 aromatic rings. The molecule has 18 heavy (non-hydrogen) atoms. The Kier molecular flexibility index (Phi) is 5.59. The van der Waals surface area contributed by atoms with E-state index in [0.29, 0.717) is 6.54 Å². The smallest absolute Gasteiger partial charge is 0.261 e. The number of unbranched alkanes of at least 4 members (excludes halogenated alkanes) is 1. The summed E-state index contributed by atoms with van der Waals surface area (Å²) in [5.74, 6) is -0.916. The van der Waals surface area contributed by atoms with Gasteiger partial charge in [-0.15, -0.1) is 0 Å². The van der Waals surface area contributed by atoms with Gasteiger partial charge in [0.2, 0.25) is 0 Å². The molecule has 0 bridgehead atoms. The van der Waals surface area contributed by atoms with Crippen molar-refractivity contribution in [3.8, 4) is 6.07 Å². The second kappa shape index (κ2) is 7.23. The molecule has 94 valence electrons. The number of rotatable bonds is 5. The molecular weight excluding hydrogens is 231 g/mol. The zero-order valence-corrected chi connectivity index (χ0v) is 10.2. The molecule has 0 unspecified atom stereocenters. The lowest BCUT2D eigenvalue weighted by molar-refractivity contribution is -0.117. The fourth-order valence-electron chi connectivity index (χ4n) is 1.37. The number of benzene rings is 1. The van der Waals surface area contributed by atoms with Gasteiger partial charge in [-0.2, -0.15) is 5.26 Å². The Bertz CT molecular complexity index is 489. The third-order valence-corrected chi connectivity index (χ3v) is 2.39. The number of nitriles is 1. The second-order valence-corrected chi connectivity index (χ2v) is 3.80. The van der Waals surface area contributed by atoms with Gasteiger partial charge in [-0.1, -0.05) is 31.5 Å². The fourth-order valence-corrected chi connectivity index (χ4v) is 1.37. The van der Waals surface area contributed by atoms with Crippen molar-refractivity contribution in [3.63, 3.8) is 0 Å². The topological polar surface area (TPSA) is 52.9 Å². The molecule has 0 aliphatic heterocycles. The van der Waals surface area contributed by atoms with Gasteiger partial charge in [0.25, 0.3) is 5.91 Å². The summed E-state index contributed by atoms with van der Waals surface area (Å²) in [6.45, 7) is 2.53. The molecule has 1 amide bonds. The van der Waals surface area contributed by atoms with Crippen molar-refractivity contribution in [2.45, 2.75) is 19.8 Å². The van der Waals surface area contributed by atoms with Crippen LogP contribution < -0.4 is 5.32 Å². The van der Waals surface area contributed by atoms with Gasteiger partial charge in [-0.05, 0) is 18.6 Å².